The van der Waals surface area contributed by atoms with Gasteiger partial charge in [-0.1, -0.05) is 0 Å². The molecule has 0 atom stereocenters. The van der Waals surface area contributed by atoms with E-state index in [1.54, 1.807) is 0 Å². The lowest BCUT2D eigenvalue weighted by atomic mass is 10.1. The molecule has 2 aliphatic rings. The molecule has 2 heterocycles. The molecule has 0 bridgehead atoms. The molecule has 0 spiro atoms. The van der Waals surface area contributed by atoms with Crippen LogP contribution in [-0.4, -0.2) is 16.6 Å². The van der Waals surface area contributed by atoms with E-state index < -0.39 is 0 Å². The monoisotopic (exact) mass is 191 g/mol. The van der Waals surface area contributed by atoms with E-state index in [1.807, 2.05) is 0 Å². The van der Waals surface area contributed by atoms with Gasteiger partial charge in [-0.05, 0) is 12.8 Å². The van der Waals surface area contributed by atoms with Crippen molar-refractivity contribution in [3.63, 3.8) is 0 Å². The van der Waals surface area contributed by atoms with Crippen molar-refractivity contribution in [1.29, 1.82) is 0 Å². The molecule has 1 aromatic rings. The Morgan fingerprint density at radius 1 is 1.29 bits per heavy atom. The smallest absolute Gasteiger partial charge is 0.134 e. The molecule has 0 radical (unpaired) electrons. The predicted octanol–water partition coefficient (Wildman–Crippen LogP) is 1.01. The van der Waals surface area contributed by atoms with Crippen LogP contribution in [0.5, 0.6) is 0 Å². The first kappa shape index (κ1) is 8.17. The van der Waals surface area contributed by atoms with Gasteiger partial charge in [0.1, 0.15) is 11.6 Å². The van der Waals surface area contributed by atoms with Crippen LogP contribution < -0.4 is 5.73 Å². The minimum absolute atomic E-state index is 0.560. The fraction of sp³-hybridized carbons (Fsp3) is 0.600. The zero-order valence-corrected chi connectivity index (χ0v) is 7.99. The average Bonchev–Trinajstić information content (AvgIpc) is 3.01. The van der Waals surface area contributed by atoms with E-state index in [1.165, 1.54) is 12.8 Å². The summed E-state index contributed by atoms with van der Waals surface area (Å²) in [5, 5.41) is 0. The van der Waals surface area contributed by atoms with Crippen molar-refractivity contribution in [1.82, 2.24) is 9.97 Å². The summed E-state index contributed by atoms with van der Waals surface area (Å²) in [6.07, 6.45) is 3.27. The Balaban J connectivity index is 2.06. The van der Waals surface area contributed by atoms with Gasteiger partial charge in [0.25, 0.3) is 0 Å². The normalized spacial score (nSPS) is 20.6. The number of nitrogens with two attached hydrogens (primary N) is 1. The lowest BCUT2D eigenvalue weighted by molar-refractivity contribution is 0.107. The highest BCUT2D eigenvalue weighted by molar-refractivity contribution is 5.43. The van der Waals surface area contributed by atoms with Gasteiger partial charge in [-0.3, -0.25) is 0 Å². The van der Waals surface area contributed by atoms with Crippen molar-refractivity contribution in [2.75, 3.05) is 12.3 Å². The first-order valence-corrected chi connectivity index (χ1v) is 5.07. The Bertz CT molecular complexity index is 374. The third kappa shape index (κ3) is 1.26. The van der Waals surface area contributed by atoms with Crippen molar-refractivity contribution < 1.29 is 4.74 Å². The number of anilines is 1. The SMILES string of the molecule is Nc1nc(C2CC2)nc2c1CCOC2. The first-order chi connectivity index (χ1) is 6.84. The fourth-order valence-electron chi connectivity index (χ4n) is 1.83. The van der Waals surface area contributed by atoms with Crippen LogP contribution in [0.4, 0.5) is 5.82 Å². The number of hydrogen-bond donors (Lipinski definition) is 1. The summed E-state index contributed by atoms with van der Waals surface area (Å²) in [5.41, 5.74) is 8.00. The Kier molecular flexibility index (Phi) is 1.70. The number of rotatable bonds is 1. The number of ether oxygens (including phenoxy) is 1. The summed E-state index contributed by atoms with van der Waals surface area (Å²) in [6, 6.07) is 0. The Labute approximate surface area is 82.5 Å². The second-order valence-electron chi connectivity index (χ2n) is 3.97. The zero-order valence-electron chi connectivity index (χ0n) is 7.99. The lowest BCUT2D eigenvalue weighted by Gasteiger charge is -2.17. The van der Waals surface area contributed by atoms with Gasteiger partial charge in [0, 0.05) is 17.9 Å². The second-order valence-corrected chi connectivity index (χ2v) is 3.97. The largest absolute Gasteiger partial charge is 0.383 e. The zero-order chi connectivity index (χ0) is 9.54. The maximum Gasteiger partial charge on any atom is 0.134 e. The van der Waals surface area contributed by atoms with Crippen molar-refractivity contribution in [2.45, 2.75) is 31.8 Å². The molecule has 1 aromatic heterocycles. The van der Waals surface area contributed by atoms with E-state index in [2.05, 4.69) is 9.97 Å². The maximum atomic E-state index is 5.90. The molecule has 4 nitrogen and oxygen atoms in total. The molecule has 2 N–H and O–H groups in total. The summed E-state index contributed by atoms with van der Waals surface area (Å²) in [6.45, 7) is 1.34. The van der Waals surface area contributed by atoms with Crippen LogP contribution in [0.3, 0.4) is 0 Å². The van der Waals surface area contributed by atoms with Gasteiger partial charge in [0.15, 0.2) is 0 Å². The summed E-state index contributed by atoms with van der Waals surface area (Å²) in [4.78, 5) is 8.88. The highest BCUT2D eigenvalue weighted by atomic mass is 16.5. The number of nitrogens with zero attached hydrogens (tertiary/aromatic N) is 2. The molecule has 1 aliphatic heterocycles. The molecule has 0 aromatic carbocycles. The van der Waals surface area contributed by atoms with Crippen LogP contribution in [0.25, 0.3) is 0 Å². The molecule has 0 amide bonds. The third-order valence-corrected chi connectivity index (χ3v) is 2.82. The number of hydrogen-bond acceptors (Lipinski definition) is 4. The molecule has 4 heteroatoms. The highest BCUT2D eigenvalue weighted by Crippen LogP contribution is 2.39. The minimum Gasteiger partial charge on any atom is -0.383 e. The van der Waals surface area contributed by atoms with Crippen LogP contribution in [0.1, 0.15) is 35.8 Å². The standard InChI is InChI=1S/C10H13N3O/c11-9-7-3-4-14-5-8(7)12-10(13-9)6-1-2-6/h6H,1-5H2,(H2,11,12,13). The molecule has 1 fully saturated rings. The van der Waals surface area contributed by atoms with E-state index >= 15 is 0 Å². The van der Waals surface area contributed by atoms with Crippen molar-refractivity contribution >= 4 is 5.82 Å². The number of fused-ring (bicyclic) bond motifs is 1. The van der Waals surface area contributed by atoms with Crippen LogP contribution in [0, 0.1) is 0 Å². The van der Waals surface area contributed by atoms with Crippen LogP contribution in [-0.2, 0) is 17.8 Å². The van der Waals surface area contributed by atoms with Crippen molar-refractivity contribution in [2.24, 2.45) is 0 Å². The topological polar surface area (TPSA) is 61.0 Å². The fourth-order valence-corrected chi connectivity index (χ4v) is 1.83. The molecule has 1 saturated carbocycles. The van der Waals surface area contributed by atoms with Gasteiger partial charge in [-0.2, -0.15) is 0 Å². The number of aromatic nitrogens is 2. The summed E-state index contributed by atoms with van der Waals surface area (Å²) < 4.78 is 5.36. The average molecular weight is 191 g/mol. The summed E-state index contributed by atoms with van der Waals surface area (Å²) in [5.74, 6) is 2.15. The maximum absolute atomic E-state index is 5.90. The van der Waals surface area contributed by atoms with E-state index in [9.17, 15) is 0 Å². The van der Waals surface area contributed by atoms with Crippen LogP contribution >= 0.6 is 0 Å². The molecule has 3 rings (SSSR count). The Hall–Kier alpha value is -1.16. The molecule has 0 saturated heterocycles. The molecule has 14 heavy (non-hydrogen) atoms. The summed E-state index contributed by atoms with van der Waals surface area (Å²) >= 11 is 0. The minimum atomic E-state index is 0.560. The molecule has 0 unspecified atom stereocenters. The number of nitrogen functional groups attached to an aromatic ring is 1. The van der Waals surface area contributed by atoms with Crippen molar-refractivity contribution in [3.05, 3.63) is 17.1 Å². The Morgan fingerprint density at radius 3 is 2.93 bits per heavy atom. The van der Waals surface area contributed by atoms with Gasteiger partial charge in [-0.15, -0.1) is 0 Å². The predicted molar refractivity (Wildman–Crippen MR) is 51.8 cm³/mol. The third-order valence-electron chi connectivity index (χ3n) is 2.82. The van der Waals surface area contributed by atoms with E-state index in [0.29, 0.717) is 18.3 Å². The van der Waals surface area contributed by atoms with Gasteiger partial charge in [0.2, 0.25) is 0 Å². The van der Waals surface area contributed by atoms with E-state index in [0.717, 1.165) is 30.1 Å². The Morgan fingerprint density at radius 2 is 2.14 bits per heavy atom. The molecule has 1 aliphatic carbocycles. The quantitative estimate of drug-likeness (QED) is 0.719. The van der Waals surface area contributed by atoms with E-state index in [4.69, 9.17) is 10.5 Å². The summed E-state index contributed by atoms with van der Waals surface area (Å²) in [7, 11) is 0. The van der Waals surface area contributed by atoms with Gasteiger partial charge in [-0.25, -0.2) is 9.97 Å². The molecular formula is C10H13N3O. The molecule has 74 valence electrons. The van der Waals surface area contributed by atoms with Gasteiger partial charge >= 0.3 is 0 Å². The first-order valence-electron chi connectivity index (χ1n) is 5.07. The second kappa shape index (κ2) is 2.92. The molecular weight excluding hydrogens is 178 g/mol. The van der Waals surface area contributed by atoms with Gasteiger partial charge < -0.3 is 10.5 Å². The van der Waals surface area contributed by atoms with Crippen molar-refractivity contribution in [3.8, 4) is 0 Å². The van der Waals surface area contributed by atoms with Crippen LogP contribution in [0.2, 0.25) is 0 Å². The highest BCUT2D eigenvalue weighted by Gasteiger charge is 2.28. The lowest BCUT2D eigenvalue weighted by Crippen LogP contribution is -2.16. The van der Waals surface area contributed by atoms with E-state index in [-0.39, 0.29) is 0 Å². The van der Waals surface area contributed by atoms with Gasteiger partial charge in [0.05, 0.1) is 18.9 Å². The van der Waals surface area contributed by atoms with Crippen LogP contribution in [0.15, 0.2) is 0 Å².